The number of nitrogens with zero attached hydrogens (tertiary/aromatic N) is 1. The van der Waals surface area contributed by atoms with Crippen LogP contribution in [0.3, 0.4) is 0 Å². The first-order valence-electron chi connectivity index (χ1n) is 8.50. The van der Waals surface area contributed by atoms with Crippen molar-refractivity contribution < 1.29 is 9.15 Å². The van der Waals surface area contributed by atoms with Crippen molar-refractivity contribution in [2.75, 3.05) is 11.4 Å². The Morgan fingerprint density at radius 2 is 2.04 bits per heavy atom. The van der Waals surface area contributed by atoms with Gasteiger partial charge < -0.3 is 14.1 Å². The number of ether oxygens (including phenoxy) is 1. The van der Waals surface area contributed by atoms with Crippen molar-refractivity contribution in [1.29, 1.82) is 0 Å². The van der Waals surface area contributed by atoms with E-state index in [1.54, 1.807) is 24.5 Å². The Morgan fingerprint density at radius 3 is 2.96 bits per heavy atom. The molecule has 5 heteroatoms. The highest BCUT2D eigenvalue weighted by Gasteiger charge is 2.30. The van der Waals surface area contributed by atoms with Gasteiger partial charge in [0.05, 0.1) is 24.4 Å². The first-order valence-corrected chi connectivity index (χ1v) is 9.32. The SMILES string of the molecule is c1cc(Oc2ccc3c(c2)SNC2CCCN32)cc(-c2ccoc2)c1. The summed E-state index contributed by atoms with van der Waals surface area (Å²) in [4.78, 5) is 3.68. The molecule has 0 amide bonds. The number of hydrogen-bond donors (Lipinski definition) is 1. The van der Waals surface area contributed by atoms with Gasteiger partial charge in [-0.3, -0.25) is 0 Å². The third kappa shape index (κ3) is 2.79. The summed E-state index contributed by atoms with van der Waals surface area (Å²) in [6.45, 7) is 1.12. The first kappa shape index (κ1) is 14.9. The molecule has 0 radical (unpaired) electrons. The molecule has 1 saturated heterocycles. The standard InChI is InChI=1S/C20H18N2O2S/c1-3-14(15-8-10-23-13-15)11-16(4-1)24-17-6-7-18-19(12-17)25-21-20-5-2-9-22(18)20/h1,3-4,6-8,10-13,20-21H,2,5,9H2. The van der Waals surface area contributed by atoms with E-state index in [0.717, 1.165) is 29.2 Å². The van der Waals surface area contributed by atoms with Gasteiger partial charge >= 0.3 is 0 Å². The summed E-state index contributed by atoms with van der Waals surface area (Å²) < 4.78 is 14.8. The lowest BCUT2D eigenvalue weighted by Gasteiger charge is -2.33. The molecule has 1 N–H and O–H groups in total. The van der Waals surface area contributed by atoms with Gasteiger partial charge in [-0.1, -0.05) is 12.1 Å². The lowest BCUT2D eigenvalue weighted by molar-refractivity contribution is 0.481. The fourth-order valence-corrected chi connectivity index (χ4v) is 4.46. The van der Waals surface area contributed by atoms with Crippen LogP contribution in [0.2, 0.25) is 0 Å². The summed E-state index contributed by atoms with van der Waals surface area (Å²) in [5.74, 6) is 1.68. The van der Waals surface area contributed by atoms with Crippen LogP contribution in [0.4, 0.5) is 5.69 Å². The molecule has 0 spiro atoms. The molecule has 0 saturated carbocycles. The second-order valence-corrected chi connectivity index (χ2v) is 7.22. The van der Waals surface area contributed by atoms with Crippen LogP contribution in [0, 0.1) is 0 Å². The molecule has 2 aliphatic heterocycles. The maximum absolute atomic E-state index is 6.10. The minimum atomic E-state index is 0.468. The molecule has 4 nitrogen and oxygen atoms in total. The van der Waals surface area contributed by atoms with Crippen molar-refractivity contribution >= 4 is 17.6 Å². The highest BCUT2D eigenvalue weighted by Crippen LogP contribution is 2.41. The van der Waals surface area contributed by atoms with Crippen LogP contribution in [-0.2, 0) is 0 Å². The lowest BCUT2D eigenvalue weighted by Crippen LogP contribution is -2.41. The first-order chi connectivity index (χ1) is 12.4. The molecule has 25 heavy (non-hydrogen) atoms. The Balaban J connectivity index is 1.41. The minimum absolute atomic E-state index is 0.468. The van der Waals surface area contributed by atoms with Crippen molar-refractivity contribution in [3.8, 4) is 22.6 Å². The number of benzene rings is 2. The predicted molar refractivity (Wildman–Crippen MR) is 100 cm³/mol. The van der Waals surface area contributed by atoms with E-state index >= 15 is 0 Å². The summed E-state index contributed by atoms with van der Waals surface area (Å²) in [6, 6.07) is 16.4. The Kier molecular flexibility index (Phi) is 3.68. The van der Waals surface area contributed by atoms with E-state index in [0.29, 0.717) is 6.17 Å². The average Bonchev–Trinajstić information content (AvgIpc) is 3.33. The van der Waals surface area contributed by atoms with E-state index in [9.17, 15) is 0 Å². The third-order valence-electron chi connectivity index (χ3n) is 4.72. The molecule has 2 aliphatic rings. The summed E-state index contributed by atoms with van der Waals surface area (Å²) >= 11 is 1.71. The maximum atomic E-state index is 6.10. The van der Waals surface area contributed by atoms with E-state index in [-0.39, 0.29) is 0 Å². The molecular weight excluding hydrogens is 332 g/mol. The lowest BCUT2D eigenvalue weighted by atomic mass is 10.1. The van der Waals surface area contributed by atoms with Gasteiger partial charge in [-0.15, -0.1) is 0 Å². The van der Waals surface area contributed by atoms with Crippen LogP contribution >= 0.6 is 11.9 Å². The molecule has 3 heterocycles. The number of rotatable bonds is 3. The van der Waals surface area contributed by atoms with Gasteiger partial charge in [0, 0.05) is 17.0 Å². The number of hydrogen-bond acceptors (Lipinski definition) is 5. The van der Waals surface area contributed by atoms with Gasteiger partial charge in [0.25, 0.3) is 0 Å². The van der Waals surface area contributed by atoms with Gasteiger partial charge in [0.1, 0.15) is 11.5 Å². The Labute approximate surface area is 150 Å². The van der Waals surface area contributed by atoms with Crippen LogP contribution in [-0.4, -0.2) is 12.7 Å². The second-order valence-electron chi connectivity index (χ2n) is 6.34. The summed E-state index contributed by atoms with van der Waals surface area (Å²) in [6.07, 6.45) is 6.35. The quantitative estimate of drug-likeness (QED) is 0.651. The smallest absolute Gasteiger partial charge is 0.128 e. The molecule has 1 atom stereocenters. The molecule has 5 rings (SSSR count). The van der Waals surface area contributed by atoms with E-state index < -0.39 is 0 Å². The fourth-order valence-electron chi connectivity index (χ4n) is 3.49. The number of fused-ring (bicyclic) bond motifs is 3. The molecule has 1 fully saturated rings. The second kappa shape index (κ2) is 6.17. The predicted octanol–water partition coefficient (Wildman–Crippen LogP) is 5.28. The zero-order valence-corrected chi connectivity index (χ0v) is 14.5. The molecule has 2 aromatic carbocycles. The van der Waals surface area contributed by atoms with Crippen molar-refractivity contribution in [1.82, 2.24) is 4.72 Å². The highest BCUT2D eigenvalue weighted by molar-refractivity contribution is 7.97. The number of nitrogens with one attached hydrogen (secondary N) is 1. The zero-order valence-electron chi connectivity index (χ0n) is 13.6. The van der Waals surface area contributed by atoms with Crippen LogP contribution in [0.15, 0.2) is 70.4 Å². The van der Waals surface area contributed by atoms with Crippen molar-refractivity contribution in [3.63, 3.8) is 0 Å². The molecule has 1 unspecified atom stereocenters. The van der Waals surface area contributed by atoms with Gasteiger partial charge in [-0.05, 0) is 66.8 Å². The summed E-state index contributed by atoms with van der Waals surface area (Å²) in [7, 11) is 0. The molecule has 126 valence electrons. The molecule has 0 bridgehead atoms. The van der Waals surface area contributed by atoms with Crippen LogP contribution in [0.1, 0.15) is 12.8 Å². The van der Waals surface area contributed by atoms with E-state index in [4.69, 9.17) is 9.15 Å². The van der Waals surface area contributed by atoms with E-state index in [1.165, 1.54) is 23.4 Å². The van der Waals surface area contributed by atoms with Crippen LogP contribution in [0.5, 0.6) is 11.5 Å². The monoisotopic (exact) mass is 350 g/mol. The Bertz CT molecular complexity index is 894. The molecular formula is C20H18N2O2S. The van der Waals surface area contributed by atoms with Crippen LogP contribution in [0.25, 0.3) is 11.1 Å². The number of furan rings is 1. The molecule has 0 aliphatic carbocycles. The van der Waals surface area contributed by atoms with Crippen molar-refractivity contribution in [2.24, 2.45) is 0 Å². The van der Waals surface area contributed by atoms with Gasteiger partial charge in [-0.2, -0.15) is 0 Å². The minimum Gasteiger partial charge on any atom is -0.472 e. The average molecular weight is 350 g/mol. The highest BCUT2D eigenvalue weighted by atomic mass is 32.2. The van der Waals surface area contributed by atoms with E-state index in [1.807, 2.05) is 24.3 Å². The van der Waals surface area contributed by atoms with Crippen LogP contribution < -0.4 is 14.4 Å². The van der Waals surface area contributed by atoms with Crippen molar-refractivity contribution in [2.45, 2.75) is 23.9 Å². The third-order valence-corrected chi connectivity index (χ3v) is 5.66. The summed E-state index contributed by atoms with van der Waals surface area (Å²) in [5, 5.41) is 0. The topological polar surface area (TPSA) is 37.6 Å². The largest absolute Gasteiger partial charge is 0.472 e. The zero-order chi connectivity index (χ0) is 16.6. The van der Waals surface area contributed by atoms with Gasteiger partial charge in [-0.25, -0.2) is 4.72 Å². The normalized spacial score (nSPS) is 18.7. The van der Waals surface area contributed by atoms with Gasteiger partial charge in [0.2, 0.25) is 0 Å². The summed E-state index contributed by atoms with van der Waals surface area (Å²) in [5.41, 5.74) is 3.45. The Morgan fingerprint density at radius 1 is 1.08 bits per heavy atom. The van der Waals surface area contributed by atoms with E-state index in [2.05, 4.69) is 33.9 Å². The fraction of sp³-hybridized carbons (Fsp3) is 0.200. The Hall–Kier alpha value is -2.37. The van der Waals surface area contributed by atoms with Crippen molar-refractivity contribution in [3.05, 3.63) is 61.1 Å². The molecule has 1 aromatic heterocycles. The maximum Gasteiger partial charge on any atom is 0.128 e. The van der Waals surface area contributed by atoms with Gasteiger partial charge in [0.15, 0.2) is 0 Å². The number of anilines is 1. The molecule has 3 aromatic rings.